The molecule has 0 saturated heterocycles. The number of rotatable bonds is 7. The number of aryl methyl sites for hydroxylation is 2. The van der Waals surface area contributed by atoms with Crippen molar-refractivity contribution in [2.45, 2.75) is 31.4 Å². The molecule has 6 nitrogen and oxygen atoms in total. The van der Waals surface area contributed by atoms with E-state index in [4.69, 9.17) is 0 Å². The maximum absolute atomic E-state index is 13.2. The second-order valence-electron chi connectivity index (χ2n) is 6.45. The number of aliphatic hydroxyl groups excluding tert-OH is 1. The van der Waals surface area contributed by atoms with Gasteiger partial charge >= 0.3 is 0 Å². The molecule has 0 amide bonds. The van der Waals surface area contributed by atoms with Crippen LogP contribution in [0.15, 0.2) is 71.6 Å². The van der Waals surface area contributed by atoms with Crippen LogP contribution in [0.5, 0.6) is 0 Å². The van der Waals surface area contributed by atoms with Crippen LogP contribution in [0.2, 0.25) is 0 Å². The molecule has 2 aromatic carbocycles. The molecule has 0 spiro atoms. The Morgan fingerprint density at radius 3 is 2.19 bits per heavy atom. The molecule has 1 N–H and O–H groups in total. The fourth-order valence-electron chi connectivity index (χ4n) is 2.96. The number of nitrogens with zero attached hydrogens (tertiary/aromatic N) is 3. The van der Waals surface area contributed by atoms with Gasteiger partial charge in [0.25, 0.3) is 10.0 Å². The fourth-order valence-corrected chi connectivity index (χ4v) is 4.49. The van der Waals surface area contributed by atoms with Crippen molar-refractivity contribution in [3.8, 4) is 0 Å². The maximum Gasteiger partial charge on any atom is 0.264 e. The molecule has 0 saturated carbocycles. The first-order valence-electron chi connectivity index (χ1n) is 8.70. The molecule has 0 radical (unpaired) electrons. The van der Waals surface area contributed by atoms with Crippen LogP contribution in [-0.2, 0) is 16.6 Å². The summed E-state index contributed by atoms with van der Waals surface area (Å²) < 4.78 is 29.3. The molecule has 3 rings (SSSR count). The fraction of sp³-hybridized carbons (Fsp3) is 0.250. The van der Waals surface area contributed by atoms with Gasteiger partial charge in [0.2, 0.25) is 0 Å². The first kappa shape index (κ1) is 19.1. The number of hydrogen-bond acceptors (Lipinski definition) is 4. The van der Waals surface area contributed by atoms with Gasteiger partial charge < -0.3 is 5.11 Å². The topological polar surface area (TPSA) is 75.4 Å². The molecule has 0 fully saturated rings. The molecular weight excluding hydrogens is 362 g/mol. The van der Waals surface area contributed by atoms with Crippen LogP contribution in [0, 0.1) is 13.8 Å². The zero-order chi connectivity index (χ0) is 19.4. The number of benzene rings is 2. The van der Waals surface area contributed by atoms with Gasteiger partial charge in [0.15, 0.2) is 0 Å². The van der Waals surface area contributed by atoms with Gasteiger partial charge in [-0.1, -0.05) is 36.4 Å². The first-order valence-corrected chi connectivity index (χ1v) is 10.1. The standard InChI is InChI=1S/C20H23N3O3S/c1-16-13-17(2)22(21-16)14-19(24)15-23(18-9-5-3-6-10-18)27(25,26)20-11-7-4-8-12-20/h3-13,19,24H,14-15H2,1-2H3/t19-/m1/s1. The number of para-hydroxylation sites is 1. The van der Waals surface area contributed by atoms with E-state index in [9.17, 15) is 13.5 Å². The average molecular weight is 385 g/mol. The molecule has 142 valence electrons. The van der Waals surface area contributed by atoms with Gasteiger partial charge in [-0.3, -0.25) is 8.99 Å². The van der Waals surface area contributed by atoms with Gasteiger partial charge in [-0.05, 0) is 44.2 Å². The third-order valence-electron chi connectivity index (χ3n) is 4.24. The number of aliphatic hydroxyl groups is 1. The van der Waals surface area contributed by atoms with E-state index in [1.54, 1.807) is 59.3 Å². The second-order valence-corrected chi connectivity index (χ2v) is 8.31. The van der Waals surface area contributed by atoms with E-state index in [1.807, 2.05) is 26.0 Å². The van der Waals surface area contributed by atoms with E-state index < -0.39 is 16.1 Å². The van der Waals surface area contributed by atoms with Crippen molar-refractivity contribution in [2.75, 3.05) is 10.8 Å². The van der Waals surface area contributed by atoms with E-state index in [0.29, 0.717) is 5.69 Å². The SMILES string of the molecule is Cc1cc(C)n(C[C@@H](O)CN(c2ccccc2)S(=O)(=O)c2ccccc2)n1. The summed E-state index contributed by atoms with van der Waals surface area (Å²) in [5.41, 5.74) is 2.29. The Morgan fingerprint density at radius 2 is 1.63 bits per heavy atom. The minimum Gasteiger partial charge on any atom is -0.389 e. The molecule has 1 aromatic heterocycles. The van der Waals surface area contributed by atoms with Crippen LogP contribution in [0.3, 0.4) is 0 Å². The number of sulfonamides is 1. The summed E-state index contributed by atoms with van der Waals surface area (Å²) in [5.74, 6) is 0. The van der Waals surface area contributed by atoms with Crippen molar-refractivity contribution in [1.82, 2.24) is 9.78 Å². The molecule has 0 bridgehead atoms. The highest BCUT2D eigenvalue weighted by atomic mass is 32.2. The van der Waals surface area contributed by atoms with E-state index >= 15 is 0 Å². The normalized spacial score (nSPS) is 12.7. The van der Waals surface area contributed by atoms with Gasteiger partial charge in [0, 0.05) is 5.69 Å². The van der Waals surface area contributed by atoms with Crippen LogP contribution in [0.1, 0.15) is 11.4 Å². The van der Waals surface area contributed by atoms with E-state index in [-0.39, 0.29) is 18.0 Å². The minimum atomic E-state index is -3.80. The van der Waals surface area contributed by atoms with Crippen molar-refractivity contribution in [1.29, 1.82) is 0 Å². The lowest BCUT2D eigenvalue weighted by Gasteiger charge is -2.27. The van der Waals surface area contributed by atoms with Crippen LogP contribution in [-0.4, -0.2) is 36.0 Å². The molecule has 1 atom stereocenters. The maximum atomic E-state index is 13.2. The van der Waals surface area contributed by atoms with E-state index in [0.717, 1.165) is 11.4 Å². The Bertz CT molecular complexity index is 986. The number of hydrogen-bond donors (Lipinski definition) is 1. The molecule has 3 aromatic rings. The van der Waals surface area contributed by atoms with Crippen molar-refractivity contribution in [3.63, 3.8) is 0 Å². The van der Waals surface area contributed by atoms with Gasteiger partial charge in [0.1, 0.15) is 0 Å². The molecule has 7 heteroatoms. The number of anilines is 1. The first-order chi connectivity index (χ1) is 12.9. The van der Waals surface area contributed by atoms with Crippen LogP contribution < -0.4 is 4.31 Å². The third kappa shape index (κ3) is 4.37. The minimum absolute atomic E-state index is 0.0699. The Labute approximate surface area is 159 Å². The van der Waals surface area contributed by atoms with Crippen molar-refractivity contribution < 1.29 is 13.5 Å². The molecule has 0 unspecified atom stereocenters. The summed E-state index contributed by atoms with van der Waals surface area (Å²) in [4.78, 5) is 0.187. The summed E-state index contributed by atoms with van der Waals surface area (Å²) in [6.07, 6.45) is -0.915. The molecule has 0 aliphatic rings. The molecule has 0 aliphatic carbocycles. The highest BCUT2D eigenvalue weighted by Gasteiger charge is 2.27. The highest BCUT2D eigenvalue weighted by Crippen LogP contribution is 2.24. The number of aromatic nitrogens is 2. The quantitative estimate of drug-likeness (QED) is 0.679. The third-order valence-corrected chi connectivity index (χ3v) is 6.05. The summed E-state index contributed by atoms with van der Waals surface area (Å²) >= 11 is 0. The van der Waals surface area contributed by atoms with E-state index in [1.165, 1.54) is 4.31 Å². The van der Waals surface area contributed by atoms with Crippen molar-refractivity contribution in [3.05, 3.63) is 78.1 Å². The predicted octanol–water partition coefficient (Wildman–Crippen LogP) is 2.76. The van der Waals surface area contributed by atoms with E-state index in [2.05, 4.69) is 5.10 Å². The summed E-state index contributed by atoms with van der Waals surface area (Å²) in [7, 11) is -3.80. The summed E-state index contributed by atoms with van der Waals surface area (Å²) in [6.45, 7) is 3.93. The van der Waals surface area contributed by atoms with Crippen LogP contribution in [0.25, 0.3) is 0 Å². The highest BCUT2D eigenvalue weighted by molar-refractivity contribution is 7.92. The summed E-state index contributed by atoms with van der Waals surface area (Å²) in [5, 5.41) is 15.0. The molecule has 1 heterocycles. The van der Waals surface area contributed by atoms with Gasteiger partial charge in [-0.2, -0.15) is 5.10 Å². The predicted molar refractivity (Wildman–Crippen MR) is 105 cm³/mol. The lowest BCUT2D eigenvalue weighted by molar-refractivity contribution is 0.157. The van der Waals surface area contributed by atoms with Gasteiger partial charge in [-0.25, -0.2) is 8.42 Å². The smallest absolute Gasteiger partial charge is 0.264 e. The Balaban J connectivity index is 1.90. The Morgan fingerprint density at radius 1 is 1.04 bits per heavy atom. The lowest BCUT2D eigenvalue weighted by Crippen LogP contribution is -2.39. The molecule has 27 heavy (non-hydrogen) atoms. The Kier molecular flexibility index (Phi) is 5.62. The zero-order valence-corrected chi connectivity index (χ0v) is 16.2. The molecule has 0 aliphatic heterocycles. The van der Waals surface area contributed by atoms with Crippen molar-refractivity contribution in [2.24, 2.45) is 0 Å². The lowest BCUT2D eigenvalue weighted by atomic mass is 10.3. The van der Waals surface area contributed by atoms with Crippen molar-refractivity contribution >= 4 is 15.7 Å². The molecular formula is C20H23N3O3S. The largest absolute Gasteiger partial charge is 0.389 e. The van der Waals surface area contributed by atoms with Crippen LogP contribution in [0.4, 0.5) is 5.69 Å². The van der Waals surface area contributed by atoms with Crippen LogP contribution >= 0.6 is 0 Å². The average Bonchev–Trinajstić information content (AvgIpc) is 2.98. The zero-order valence-electron chi connectivity index (χ0n) is 15.4. The van der Waals surface area contributed by atoms with Gasteiger partial charge in [-0.15, -0.1) is 0 Å². The monoisotopic (exact) mass is 385 g/mol. The van der Waals surface area contributed by atoms with Gasteiger partial charge in [0.05, 0.1) is 35.5 Å². The Hall–Kier alpha value is -2.64. The summed E-state index contributed by atoms with van der Waals surface area (Å²) in [6, 6.07) is 19.0. The second kappa shape index (κ2) is 7.94.